The van der Waals surface area contributed by atoms with Gasteiger partial charge in [0, 0.05) is 20.1 Å². The molecule has 1 aliphatic rings. The first kappa shape index (κ1) is 14.0. The molecule has 1 aromatic carbocycles. The summed E-state index contributed by atoms with van der Waals surface area (Å²) in [6.07, 6.45) is 3.92. The first-order valence-electron chi connectivity index (χ1n) is 6.77. The Hall–Kier alpha value is -1.42. The molecule has 19 heavy (non-hydrogen) atoms. The SMILES string of the molecule is CN(Cc1ccc(F)cc1)C(=O)C1(CN)CCCC1. The summed E-state index contributed by atoms with van der Waals surface area (Å²) in [6, 6.07) is 6.26. The van der Waals surface area contributed by atoms with Gasteiger partial charge in [0.05, 0.1) is 5.41 Å². The van der Waals surface area contributed by atoms with E-state index in [0.717, 1.165) is 31.2 Å². The van der Waals surface area contributed by atoms with Crippen LogP contribution in [0.2, 0.25) is 0 Å². The van der Waals surface area contributed by atoms with E-state index in [0.29, 0.717) is 13.1 Å². The van der Waals surface area contributed by atoms with E-state index in [1.165, 1.54) is 12.1 Å². The molecule has 0 heterocycles. The highest BCUT2D eigenvalue weighted by atomic mass is 19.1. The van der Waals surface area contributed by atoms with Gasteiger partial charge in [-0.3, -0.25) is 4.79 Å². The number of hydrogen-bond donors (Lipinski definition) is 1. The zero-order valence-corrected chi connectivity index (χ0v) is 11.4. The van der Waals surface area contributed by atoms with Crippen molar-refractivity contribution in [2.24, 2.45) is 11.1 Å². The van der Waals surface area contributed by atoms with Gasteiger partial charge in [0.25, 0.3) is 0 Å². The third kappa shape index (κ3) is 2.95. The predicted octanol–water partition coefficient (Wildman–Crippen LogP) is 2.30. The standard InChI is InChI=1S/C15H21FN2O/c1-18(10-12-4-6-13(16)7-5-12)14(19)15(11-17)8-2-3-9-15/h4-7H,2-3,8-11,17H2,1H3. The molecule has 0 atom stereocenters. The van der Waals surface area contributed by atoms with Crippen LogP contribution in [0.15, 0.2) is 24.3 Å². The molecule has 2 rings (SSSR count). The summed E-state index contributed by atoms with van der Waals surface area (Å²) in [5, 5.41) is 0. The van der Waals surface area contributed by atoms with Crippen molar-refractivity contribution >= 4 is 5.91 Å². The Morgan fingerprint density at radius 2 is 1.89 bits per heavy atom. The maximum absolute atomic E-state index is 12.8. The quantitative estimate of drug-likeness (QED) is 0.907. The number of carbonyl (C=O) groups is 1. The minimum atomic E-state index is -0.366. The molecule has 0 aromatic heterocycles. The van der Waals surface area contributed by atoms with Crippen LogP contribution in [-0.2, 0) is 11.3 Å². The highest BCUT2D eigenvalue weighted by molar-refractivity contribution is 5.83. The normalized spacial score (nSPS) is 17.4. The summed E-state index contributed by atoms with van der Waals surface area (Å²) >= 11 is 0. The van der Waals surface area contributed by atoms with E-state index in [4.69, 9.17) is 5.73 Å². The smallest absolute Gasteiger partial charge is 0.230 e. The lowest BCUT2D eigenvalue weighted by atomic mass is 9.84. The lowest BCUT2D eigenvalue weighted by Crippen LogP contribution is -2.44. The summed E-state index contributed by atoms with van der Waals surface area (Å²) < 4.78 is 12.8. The molecule has 0 bridgehead atoms. The molecule has 104 valence electrons. The Balaban J connectivity index is 2.04. The molecule has 1 saturated carbocycles. The number of halogens is 1. The molecule has 0 radical (unpaired) electrons. The molecule has 2 N–H and O–H groups in total. The van der Waals surface area contributed by atoms with Crippen LogP contribution in [0.3, 0.4) is 0 Å². The van der Waals surface area contributed by atoms with Crippen molar-refractivity contribution in [3.63, 3.8) is 0 Å². The first-order valence-corrected chi connectivity index (χ1v) is 6.77. The number of carbonyl (C=O) groups excluding carboxylic acids is 1. The van der Waals surface area contributed by atoms with Crippen LogP contribution in [0.4, 0.5) is 4.39 Å². The summed E-state index contributed by atoms with van der Waals surface area (Å²) in [5.74, 6) is -0.135. The van der Waals surface area contributed by atoms with Gasteiger partial charge in [0.1, 0.15) is 5.82 Å². The van der Waals surface area contributed by atoms with Gasteiger partial charge in [0.15, 0.2) is 0 Å². The van der Waals surface area contributed by atoms with Gasteiger partial charge < -0.3 is 10.6 Å². The van der Waals surface area contributed by atoms with Crippen molar-refractivity contribution in [1.29, 1.82) is 0 Å². The Bertz CT molecular complexity index is 438. The minimum absolute atomic E-state index is 0.122. The third-order valence-corrected chi connectivity index (χ3v) is 4.08. The lowest BCUT2D eigenvalue weighted by molar-refractivity contribution is -0.140. The van der Waals surface area contributed by atoms with Crippen molar-refractivity contribution in [3.05, 3.63) is 35.6 Å². The summed E-state index contributed by atoms with van der Waals surface area (Å²) in [5.41, 5.74) is 6.39. The Morgan fingerprint density at radius 3 is 2.42 bits per heavy atom. The van der Waals surface area contributed by atoms with E-state index in [1.54, 1.807) is 24.1 Å². The van der Waals surface area contributed by atoms with E-state index < -0.39 is 0 Å². The molecule has 1 aliphatic carbocycles. The van der Waals surface area contributed by atoms with Gasteiger partial charge in [-0.15, -0.1) is 0 Å². The highest BCUT2D eigenvalue weighted by Crippen LogP contribution is 2.38. The second-order valence-corrected chi connectivity index (χ2v) is 5.48. The number of benzene rings is 1. The second-order valence-electron chi connectivity index (χ2n) is 5.48. The number of amides is 1. The Labute approximate surface area is 113 Å². The molecule has 3 nitrogen and oxygen atoms in total. The third-order valence-electron chi connectivity index (χ3n) is 4.08. The van der Waals surface area contributed by atoms with Crippen LogP contribution in [0.5, 0.6) is 0 Å². The van der Waals surface area contributed by atoms with Crippen molar-refractivity contribution in [2.75, 3.05) is 13.6 Å². The zero-order chi connectivity index (χ0) is 13.9. The van der Waals surface area contributed by atoms with Crippen LogP contribution in [0.25, 0.3) is 0 Å². The highest BCUT2D eigenvalue weighted by Gasteiger charge is 2.41. The molecule has 0 aliphatic heterocycles. The van der Waals surface area contributed by atoms with E-state index >= 15 is 0 Å². The van der Waals surface area contributed by atoms with Crippen LogP contribution in [-0.4, -0.2) is 24.4 Å². The number of nitrogens with zero attached hydrogens (tertiary/aromatic N) is 1. The molecule has 0 unspecified atom stereocenters. The van der Waals surface area contributed by atoms with Gasteiger partial charge in [-0.05, 0) is 30.5 Å². The van der Waals surface area contributed by atoms with Gasteiger partial charge in [0.2, 0.25) is 5.91 Å². The van der Waals surface area contributed by atoms with E-state index in [2.05, 4.69) is 0 Å². The maximum Gasteiger partial charge on any atom is 0.230 e. The van der Waals surface area contributed by atoms with Crippen molar-refractivity contribution in [1.82, 2.24) is 4.90 Å². The Kier molecular flexibility index (Phi) is 4.20. The van der Waals surface area contributed by atoms with Crippen LogP contribution < -0.4 is 5.73 Å². The fourth-order valence-corrected chi connectivity index (χ4v) is 2.90. The van der Waals surface area contributed by atoms with Crippen molar-refractivity contribution < 1.29 is 9.18 Å². The van der Waals surface area contributed by atoms with Gasteiger partial charge >= 0.3 is 0 Å². The molecule has 1 amide bonds. The minimum Gasteiger partial charge on any atom is -0.341 e. The second kappa shape index (κ2) is 5.70. The molecule has 1 fully saturated rings. The molecule has 1 aromatic rings. The van der Waals surface area contributed by atoms with Crippen molar-refractivity contribution in [2.45, 2.75) is 32.2 Å². The monoisotopic (exact) mass is 264 g/mol. The number of rotatable bonds is 4. The summed E-state index contributed by atoms with van der Waals surface area (Å²) in [6.45, 7) is 0.917. The predicted molar refractivity (Wildman–Crippen MR) is 72.8 cm³/mol. The van der Waals surface area contributed by atoms with E-state index in [9.17, 15) is 9.18 Å². The maximum atomic E-state index is 12.8. The van der Waals surface area contributed by atoms with Gasteiger partial charge in [-0.2, -0.15) is 0 Å². The number of hydrogen-bond acceptors (Lipinski definition) is 2. The first-order chi connectivity index (χ1) is 9.07. The zero-order valence-electron chi connectivity index (χ0n) is 11.4. The average Bonchev–Trinajstić information content (AvgIpc) is 2.90. The van der Waals surface area contributed by atoms with Crippen LogP contribution >= 0.6 is 0 Å². The topological polar surface area (TPSA) is 46.3 Å². The van der Waals surface area contributed by atoms with Crippen LogP contribution in [0, 0.1) is 11.2 Å². The van der Waals surface area contributed by atoms with E-state index in [1.807, 2.05) is 0 Å². The van der Waals surface area contributed by atoms with Crippen molar-refractivity contribution in [3.8, 4) is 0 Å². The summed E-state index contributed by atoms with van der Waals surface area (Å²) in [4.78, 5) is 14.3. The molecular weight excluding hydrogens is 243 g/mol. The number of nitrogens with two attached hydrogens (primary N) is 1. The van der Waals surface area contributed by atoms with Crippen LogP contribution in [0.1, 0.15) is 31.2 Å². The lowest BCUT2D eigenvalue weighted by Gasteiger charge is -2.31. The van der Waals surface area contributed by atoms with Gasteiger partial charge in [-0.1, -0.05) is 25.0 Å². The fraction of sp³-hybridized carbons (Fsp3) is 0.533. The largest absolute Gasteiger partial charge is 0.341 e. The summed E-state index contributed by atoms with van der Waals surface area (Å²) in [7, 11) is 1.79. The molecule has 4 heteroatoms. The molecule has 0 saturated heterocycles. The molecule has 0 spiro atoms. The average molecular weight is 264 g/mol. The Morgan fingerprint density at radius 1 is 1.32 bits per heavy atom. The fourth-order valence-electron chi connectivity index (χ4n) is 2.90. The molecular formula is C15H21FN2O. The van der Waals surface area contributed by atoms with Gasteiger partial charge in [-0.25, -0.2) is 4.39 Å². The van der Waals surface area contributed by atoms with E-state index in [-0.39, 0.29) is 17.1 Å².